The number of carbonyl (C=O) groups is 1. The first kappa shape index (κ1) is 16.6. The number of hydrogen-bond donors (Lipinski definition) is 0. The van der Waals surface area contributed by atoms with Gasteiger partial charge in [-0.1, -0.05) is 30.3 Å². The minimum absolute atomic E-state index is 0.275. The van der Waals surface area contributed by atoms with Gasteiger partial charge in [0.2, 0.25) is 0 Å². The van der Waals surface area contributed by atoms with E-state index < -0.39 is 0 Å². The van der Waals surface area contributed by atoms with Gasteiger partial charge in [-0.25, -0.2) is 4.79 Å². The molecule has 0 N–H and O–H groups in total. The summed E-state index contributed by atoms with van der Waals surface area (Å²) in [5.41, 5.74) is 5.71. The Morgan fingerprint density at radius 3 is 2.82 bits per heavy atom. The highest BCUT2D eigenvalue weighted by Crippen LogP contribution is 2.36. The molecule has 0 bridgehead atoms. The van der Waals surface area contributed by atoms with Crippen molar-refractivity contribution in [2.24, 2.45) is 0 Å². The maximum atomic E-state index is 12.0. The highest BCUT2D eigenvalue weighted by Gasteiger charge is 2.29. The summed E-state index contributed by atoms with van der Waals surface area (Å²) in [5.74, 6) is 0. The summed E-state index contributed by atoms with van der Waals surface area (Å²) in [5, 5.41) is 10.6. The van der Waals surface area contributed by atoms with Crippen molar-refractivity contribution in [3.05, 3.63) is 65.4 Å². The summed E-state index contributed by atoms with van der Waals surface area (Å²) in [4.78, 5) is 20.4. The van der Waals surface area contributed by atoms with Crippen LogP contribution in [0.15, 0.2) is 48.7 Å². The van der Waals surface area contributed by atoms with Crippen molar-refractivity contribution in [3.8, 4) is 6.07 Å². The highest BCUT2D eigenvalue weighted by molar-refractivity contribution is 5.95. The molecule has 6 heteroatoms. The molecular weight excluding hydrogens is 352 g/mol. The molecule has 138 valence electrons. The third-order valence-corrected chi connectivity index (χ3v) is 5.48. The highest BCUT2D eigenvalue weighted by atomic mass is 16.6. The molecule has 0 unspecified atom stereocenters. The van der Waals surface area contributed by atoms with E-state index in [0.717, 1.165) is 35.2 Å². The van der Waals surface area contributed by atoms with Crippen LogP contribution in [0.25, 0.3) is 10.9 Å². The van der Waals surface area contributed by atoms with Crippen molar-refractivity contribution >= 4 is 28.4 Å². The molecule has 2 aliphatic rings. The molecule has 6 nitrogen and oxygen atoms in total. The van der Waals surface area contributed by atoms with E-state index in [1.54, 1.807) is 11.1 Å². The Morgan fingerprint density at radius 2 is 2.00 bits per heavy atom. The van der Waals surface area contributed by atoms with Crippen molar-refractivity contribution in [1.82, 2.24) is 4.98 Å². The van der Waals surface area contributed by atoms with Crippen molar-refractivity contribution in [3.63, 3.8) is 0 Å². The summed E-state index contributed by atoms with van der Waals surface area (Å²) in [7, 11) is 0. The van der Waals surface area contributed by atoms with Crippen LogP contribution < -0.4 is 9.80 Å². The molecule has 3 aromatic rings. The second-order valence-electron chi connectivity index (χ2n) is 7.00. The van der Waals surface area contributed by atoms with Crippen LogP contribution in [-0.2, 0) is 17.7 Å². The van der Waals surface area contributed by atoms with Crippen LogP contribution in [0.5, 0.6) is 0 Å². The predicted octanol–water partition coefficient (Wildman–Crippen LogP) is 3.63. The number of fused-ring (bicyclic) bond motifs is 2. The normalized spacial score (nSPS) is 16.0. The summed E-state index contributed by atoms with van der Waals surface area (Å²) < 4.78 is 5.11. The zero-order chi connectivity index (χ0) is 19.1. The Labute approximate surface area is 162 Å². The van der Waals surface area contributed by atoms with E-state index in [9.17, 15) is 10.1 Å². The van der Waals surface area contributed by atoms with E-state index in [4.69, 9.17) is 4.74 Å². The lowest BCUT2D eigenvalue weighted by molar-refractivity contribution is 0.181. The smallest absolute Gasteiger partial charge is 0.414 e. The third kappa shape index (κ3) is 2.55. The van der Waals surface area contributed by atoms with E-state index in [-0.39, 0.29) is 6.09 Å². The fourth-order valence-electron chi connectivity index (χ4n) is 4.19. The molecule has 0 radical (unpaired) electrons. The number of para-hydroxylation sites is 1. The number of pyridine rings is 1. The maximum absolute atomic E-state index is 12.0. The first-order valence-corrected chi connectivity index (χ1v) is 9.34. The van der Waals surface area contributed by atoms with E-state index in [2.05, 4.69) is 22.0 Å². The van der Waals surface area contributed by atoms with Gasteiger partial charge in [0.1, 0.15) is 12.7 Å². The lowest BCUT2D eigenvalue weighted by Gasteiger charge is -2.33. The molecule has 28 heavy (non-hydrogen) atoms. The average molecular weight is 370 g/mol. The molecular formula is C22H18N4O2. The zero-order valence-electron chi connectivity index (χ0n) is 15.3. The van der Waals surface area contributed by atoms with Gasteiger partial charge in [-0.15, -0.1) is 0 Å². The Morgan fingerprint density at radius 1 is 1.11 bits per heavy atom. The molecule has 2 aromatic carbocycles. The summed E-state index contributed by atoms with van der Waals surface area (Å²) in [6.45, 7) is 2.49. The van der Waals surface area contributed by atoms with Crippen LogP contribution in [-0.4, -0.2) is 30.8 Å². The van der Waals surface area contributed by atoms with E-state index in [1.165, 1.54) is 11.1 Å². The molecule has 1 aromatic heterocycles. The number of amides is 1. The number of cyclic esters (lactones) is 1. The fourth-order valence-corrected chi connectivity index (χ4v) is 4.19. The first-order valence-electron chi connectivity index (χ1n) is 9.34. The number of hydrogen-bond acceptors (Lipinski definition) is 5. The zero-order valence-corrected chi connectivity index (χ0v) is 15.3. The lowest BCUT2D eigenvalue weighted by atomic mass is 9.95. The minimum Gasteiger partial charge on any atom is -0.447 e. The van der Waals surface area contributed by atoms with Gasteiger partial charge in [0.25, 0.3) is 0 Å². The number of anilines is 2. The number of ether oxygens (including phenoxy) is 1. The molecule has 3 heterocycles. The number of rotatable bonds is 2. The molecule has 5 rings (SSSR count). The maximum Gasteiger partial charge on any atom is 0.414 e. The Bertz CT molecular complexity index is 1140. The number of carbonyl (C=O) groups excluding carboxylic acids is 1. The van der Waals surface area contributed by atoms with Crippen LogP contribution in [0.2, 0.25) is 0 Å². The number of benzene rings is 2. The topological polar surface area (TPSA) is 69.5 Å². The van der Waals surface area contributed by atoms with E-state index >= 15 is 0 Å². The second kappa shape index (κ2) is 6.54. The van der Waals surface area contributed by atoms with Gasteiger partial charge < -0.3 is 9.64 Å². The van der Waals surface area contributed by atoms with Crippen molar-refractivity contribution in [2.75, 3.05) is 29.5 Å². The Kier molecular flexibility index (Phi) is 3.87. The molecule has 1 amide bonds. The monoisotopic (exact) mass is 370 g/mol. The SMILES string of the molecule is N#Cc1cnc2ccccc2c1N1CCc2c(cccc2N2CCOC2=O)C1. The molecule has 2 aliphatic heterocycles. The average Bonchev–Trinajstić information content (AvgIpc) is 3.17. The van der Waals surface area contributed by atoms with Gasteiger partial charge >= 0.3 is 6.09 Å². The molecule has 1 saturated heterocycles. The quantitative estimate of drug-likeness (QED) is 0.689. The van der Waals surface area contributed by atoms with Crippen LogP contribution in [0.3, 0.4) is 0 Å². The second-order valence-corrected chi connectivity index (χ2v) is 7.00. The lowest BCUT2D eigenvalue weighted by Crippen LogP contribution is -2.33. The van der Waals surface area contributed by atoms with E-state index in [0.29, 0.717) is 25.3 Å². The minimum atomic E-state index is -0.275. The fraction of sp³-hybridized carbons (Fsp3) is 0.227. The molecule has 0 aliphatic carbocycles. The van der Waals surface area contributed by atoms with Crippen molar-refractivity contribution in [2.45, 2.75) is 13.0 Å². The summed E-state index contributed by atoms with van der Waals surface area (Å²) in [6, 6.07) is 16.3. The Hall–Kier alpha value is -3.59. The van der Waals surface area contributed by atoms with Gasteiger partial charge in [-0.3, -0.25) is 9.88 Å². The predicted molar refractivity (Wildman–Crippen MR) is 106 cm³/mol. The standard InChI is InChI=1S/C22H18N4O2/c23-12-16-13-24-19-6-2-1-5-18(19)21(16)25-9-8-17-15(14-25)4-3-7-20(17)26-10-11-28-22(26)27/h1-7,13H,8-11,14H2. The molecule has 0 atom stereocenters. The van der Waals surface area contributed by atoms with Crippen LogP contribution in [0.1, 0.15) is 16.7 Å². The van der Waals surface area contributed by atoms with Crippen molar-refractivity contribution < 1.29 is 9.53 Å². The van der Waals surface area contributed by atoms with Gasteiger partial charge in [0, 0.05) is 24.7 Å². The van der Waals surface area contributed by atoms with Gasteiger partial charge in [-0.05, 0) is 29.7 Å². The Balaban J connectivity index is 1.57. The van der Waals surface area contributed by atoms with E-state index in [1.807, 2.05) is 36.4 Å². The van der Waals surface area contributed by atoms with Gasteiger partial charge in [0.15, 0.2) is 0 Å². The number of aromatic nitrogens is 1. The molecule has 0 spiro atoms. The van der Waals surface area contributed by atoms with Crippen LogP contribution >= 0.6 is 0 Å². The van der Waals surface area contributed by atoms with Crippen molar-refractivity contribution in [1.29, 1.82) is 5.26 Å². The van der Waals surface area contributed by atoms with Gasteiger partial charge in [-0.2, -0.15) is 5.26 Å². The molecule has 0 saturated carbocycles. The van der Waals surface area contributed by atoms with Crippen LogP contribution in [0.4, 0.5) is 16.2 Å². The largest absolute Gasteiger partial charge is 0.447 e. The summed E-state index contributed by atoms with van der Waals surface area (Å²) >= 11 is 0. The first-order chi connectivity index (χ1) is 13.8. The number of nitriles is 1. The van der Waals surface area contributed by atoms with Crippen LogP contribution in [0, 0.1) is 11.3 Å². The van der Waals surface area contributed by atoms with Gasteiger partial charge in [0.05, 0.1) is 29.0 Å². The molecule has 1 fully saturated rings. The summed E-state index contributed by atoms with van der Waals surface area (Å²) in [6.07, 6.45) is 2.18. The third-order valence-electron chi connectivity index (χ3n) is 5.48. The number of nitrogens with zero attached hydrogens (tertiary/aromatic N) is 4.